The van der Waals surface area contributed by atoms with Gasteiger partial charge in [-0.05, 0) is 5.92 Å². The van der Waals surface area contributed by atoms with Crippen LogP contribution < -0.4 is 10.1 Å². The third-order valence-electron chi connectivity index (χ3n) is 3.11. The molecule has 100 valence electrons. The Morgan fingerprint density at radius 1 is 1.33 bits per heavy atom. The maximum atomic E-state index is 6.02. The Balaban J connectivity index is 2.20. The summed E-state index contributed by atoms with van der Waals surface area (Å²) in [6, 6.07) is 0. The van der Waals surface area contributed by atoms with E-state index in [1.54, 1.807) is 6.33 Å². The van der Waals surface area contributed by atoms with Crippen molar-refractivity contribution in [3.05, 3.63) is 11.9 Å². The molecule has 0 aromatic carbocycles. The van der Waals surface area contributed by atoms with Crippen molar-refractivity contribution in [3.8, 4) is 5.88 Å². The summed E-state index contributed by atoms with van der Waals surface area (Å²) in [5.74, 6) is 1.88. The Kier molecular flexibility index (Phi) is 4.36. The van der Waals surface area contributed by atoms with Crippen molar-refractivity contribution in [1.29, 1.82) is 0 Å². The van der Waals surface area contributed by atoms with Gasteiger partial charge in [0.05, 0.1) is 18.8 Å². The van der Waals surface area contributed by atoms with E-state index in [1.807, 2.05) is 7.05 Å². The van der Waals surface area contributed by atoms with Crippen LogP contribution in [0.3, 0.4) is 0 Å². The van der Waals surface area contributed by atoms with Crippen LogP contribution in [-0.4, -0.2) is 36.3 Å². The molecule has 0 aliphatic carbocycles. The summed E-state index contributed by atoms with van der Waals surface area (Å²) in [5, 5.41) is 3.10. The molecule has 1 aromatic rings. The first-order chi connectivity index (χ1) is 8.72. The van der Waals surface area contributed by atoms with Crippen LogP contribution in [0.1, 0.15) is 38.2 Å². The second-order valence-corrected chi connectivity index (χ2v) is 4.78. The average Bonchev–Trinajstić information content (AvgIpc) is 2.39. The molecule has 1 fully saturated rings. The third-order valence-corrected chi connectivity index (χ3v) is 3.11. The van der Waals surface area contributed by atoms with Gasteiger partial charge in [0.1, 0.15) is 18.2 Å². The van der Waals surface area contributed by atoms with Crippen LogP contribution in [0.25, 0.3) is 0 Å². The number of hydrogen-bond acceptors (Lipinski definition) is 5. The topological polar surface area (TPSA) is 56.3 Å². The summed E-state index contributed by atoms with van der Waals surface area (Å²) in [6.45, 7) is 5.78. The highest BCUT2D eigenvalue weighted by Gasteiger charge is 2.21. The van der Waals surface area contributed by atoms with Crippen molar-refractivity contribution < 1.29 is 9.47 Å². The number of ether oxygens (including phenoxy) is 2. The second-order valence-electron chi connectivity index (χ2n) is 4.78. The van der Waals surface area contributed by atoms with Gasteiger partial charge in [0.25, 0.3) is 0 Å². The average molecular weight is 251 g/mol. The largest absolute Gasteiger partial charge is 0.474 e. The van der Waals surface area contributed by atoms with E-state index in [0.29, 0.717) is 11.8 Å². The predicted octanol–water partition coefficient (Wildman–Crippen LogP) is 2.20. The smallest absolute Gasteiger partial charge is 0.222 e. The predicted molar refractivity (Wildman–Crippen MR) is 70.1 cm³/mol. The number of nitrogens with one attached hydrogen (secondary N) is 1. The van der Waals surface area contributed by atoms with Crippen LogP contribution in [0.2, 0.25) is 0 Å². The highest BCUT2D eigenvalue weighted by molar-refractivity contribution is 5.50. The lowest BCUT2D eigenvalue weighted by molar-refractivity contribution is 0.0232. The minimum Gasteiger partial charge on any atom is -0.474 e. The molecule has 1 aliphatic heterocycles. The van der Waals surface area contributed by atoms with Gasteiger partial charge < -0.3 is 14.8 Å². The molecule has 0 radical (unpaired) electrons. The Morgan fingerprint density at radius 2 is 2.06 bits per heavy atom. The van der Waals surface area contributed by atoms with Gasteiger partial charge in [-0.2, -0.15) is 0 Å². The van der Waals surface area contributed by atoms with Crippen LogP contribution in [-0.2, 0) is 4.74 Å². The normalized spacial score (nSPS) is 16.9. The summed E-state index contributed by atoms with van der Waals surface area (Å²) >= 11 is 0. The van der Waals surface area contributed by atoms with Crippen LogP contribution >= 0.6 is 0 Å². The molecule has 1 saturated heterocycles. The monoisotopic (exact) mass is 251 g/mol. The zero-order chi connectivity index (χ0) is 13.0. The van der Waals surface area contributed by atoms with Crippen molar-refractivity contribution in [1.82, 2.24) is 9.97 Å². The van der Waals surface area contributed by atoms with Crippen molar-refractivity contribution in [2.75, 3.05) is 25.6 Å². The van der Waals surface area contributed by atoms with E-state index in [0.717, 1.165) is 37.4 Å². The van der Waals surface area contributed by atoms with E-state index in [9.17, 15) is 0 Å². The molecule has 0 saturated carbocycles. The number of nitrogens with zero attached hydrogens (tertiary/aromatic N) is 2. The van der Waals surface area contributed by atoms with Crippen molar-refractivity contribution in [3.63, 3.8) is 0 Å². The summed E-state index contributed by atoms with van der Waals surface area (Å²) < 4.78 is 11.4. The maximum Gasteiger partial charge on any atom is 0.222 e. The molecule has 18 heavy (non-hydrogen) atoms. The van der Waals surface area contributed by atoms with Crippen LogP contribution in [0.4, 0.5) is 5.82 Å². The SMILES string of the molecule is CNc1ncnc(OC2CCOCC2)c1C(C)C. The van der Waals surface area contributed by atoms with Gasteiger partial charge in [-0.15, -0.1) is 0 Å². The van der Waals surface area contributed by atoms with E-state index < -0.39 is 0 Å². The van der Waals surface area contributed by atoms with Gasteiger partial charge >= 0.3 is 0 Å². The van der Waals surface area contributed by atoms with Crippen molar-refractivity contribution >= 4 is 5.82 Å². The van der Waals surface area contributed by atoms with E-state index >= 15 is 0 Å². The third kappa shape index (κ3) is 2.90. The molecule has 1 N–H and O–H groups in total. The Labute approximate surface area is 108 Å². The summed E-state index contributed by atoms with van der Waals surface area (Å²) in [7, 11) is 1.87. The highest BCUT2D eigenvalue weighted by atomic mass is 16.5. The Bertz CT molecular complexity index is 390. The van der Waals surface area contributed by atoms with Crippen LogP contribution in [0.5, 0.6) is 5.88 Å². The first kappa shape index (κ1) is 13.1. The quantitative estimate of drug-likeness (QED) is 0.889. The van der Waals surface area contributed by atoms with Gasteiger partial charge in [0.15, 0.2) is 0 Å². The molecule has 0 bridgehead atoms. The zero-order valence-corrected chi connectivity index (χ0v) is 11.3. The van der Waals surface area contributed by atoms with Crippen molar-refractivity contribution in [2.24, 2.45) is 0 Å². The minimum atomic E-state index is 0.204. The van der Waals surface area contributed by atoms with Gasteiger partial charge in [-0.25, -0.2) is 9.97 Å². The molecule has 0 spiro atoms. The lowest BCUT2D eigenvalue weighted by Gasteiger charge is -2.25. The fourth-order valence-corrected chi connectivity index (χ4v) is 2.14. The molecule has 0 unspecified atom stereocenters. The Morgan fingerprint density at radius 3 is 2.67 bits per heavy atom. The van der Waals surface area contributed by atoms with Gasteiger partial charge in [0, 0.05) is 19.9 Å². The molecular weight excluding hydrogens is 230 g/mol. The minimum absolute atomic E-state index is 0.204. The van der Waals surface area contributed by atoms with E-state index in [-0.39, 0.29) is 6.10 Å². The van der Waals surface area contributed by atoms with E-state index in [1.165, 1.54) is 0 Å². The van der Waals surface area contributed by atoms with Gasteiger partial charge in [-0.3, -0.25) is 0 Å². The summed E-state index contributed by atoms with van der Waals surface area (Å²) in [4.78, 5) is 8.53. The number of aromatic nitrogens is 2. The lowest BCUT2D eigenvalue weighted by atomic mass is 10.1. The first-order valence-electron chi connectivity index (χ1n) is 6.49. The Hall–Kier alpha value is -1.36. The fourth-order valence-electron chi connectivity index (χ4n) is 2.14. The number of hydrogen-bond donors (Lipinski definition) is 1. The molecule has 2 rings (SSSR count). The van der Waals surface area contributed by atoms with E-state index in [4.69, 9.17) is 9.47 Å². The lowest BCUT2D eigenvalue weighted by Crippen LogP contribution is -2.27. The van der Waals surface area contributed by atoms with Crippen LogP contribution in [0.15, 0.2) is 6.33 Å². The van der Waals surface area contributed by atoms with Crippen molar-refractivity contribution in [2.45, 2.75) is 38.7 Å². The first-order valence-corrected chi connectivity index (χ1v) is 6.49. The molecule has 0 atom stereocenters. The number of rotatable bonds is 4. The molecule has 1 aromatic heterocycles. The van der Waals surface area contributed by atoms with E-state index in [2.05, 4.69) is 29.1 Å². The molecule has 2 heterocycles. The van der Waals surface area contributed by atoms with Gasteiger partial charge in [0.2, 0.25) is 5.88 Å². The number of anilines is 1. The second kappa shape index (κ2) is 6.00. The molecule has 5 nitrogen and oxygen atoms in total. The summed E-state index contributed by atoms with van der Waals surface area (Å²) in [6.07, 6.45) is 3.61. The molecule has 0 amide bonds. The summed E-state index contributed by atoms with van der Waals surface area (Å²) in [5.41, 5.74) is 1.05. The van der Waals surface area contributed by atoms with Crippen LogP contribution in [0, 0.1) is 0 Å². The fraction of sp³-hybridized carbons (Fsp3) is 0.692. The maximum absolute atomic E-state index is 6.02. The standard InChI is InChI=1S/C13H21N3O2/c1-9(2)11-12(14-3)15-8-16-13(11)18-10-4-6-17-7-5-10/h8-10H,4-7H2,1-3H3,(H,14,15,16). The zero-order valence-electron chi connectivity index (χ0n) is 11.3. The highest BCUT2D eigenvalue weighted by Crippen LogP contribution is 2.31. The molecule has 1 aliphatic rings. The molecule has 5 heteroatoms. The van der Waals surface area contributed by atoms with Gasteiger partial charge in [-0.1, -0.05) is 13.8 Å². The molecular formula is C13H21N3O2.